The third-order valence-corrected chi connectivity index (χ3v) is 4.07. The average Bonchev–Trinajstić information content (AvgIpc) is 2.77. The van der Waals surface area contributed by atoms with Crippen molar-refractivity contribution in [1.82, 2.24) is 0 Å². The van der Waals surface area contributed by atoms with E-state index in [1.165, 1.54) is 0 Å². The molecule has 0 heterocycles. The molecule has 0 atom stereocenters. The Labute approximate surface area is 122 Å². The molecule has 100 valence electrons. The van der Waals surface area contributed by atoms with Gasteiger partial charge in [0.25, 0.3) is 0 Å². The van der Waals surface area contributed by atoms with Crippen LogP contribution in [0.5, 0.6) is 0 Å². The predicted octanol–water partition coefficient (Wildman–Crippen LogP) is 4.00. The minimum atomic E-state index is -0.682. The molecule has 1 aliphatic carbocycles. The van der Waals surface area contributed by atoms with Crippen molar-refractivity contribution in [2.45, 2.75) is 5.92 Å². The van der Waals surface area contributed by atoms with E-state index in [9.17, 15) is 9.59 Å². The van der Waals surface area contributed by atoms with Gasteiger partial charge in [-0.3, -0.25) is 9.59 Å². The molecule has 2 nitrogen and oxygen atoms in total. The molecule has 21 heavy (non-hydrogen) atoms. The summed E-state index contributed by atoms with van der Waals surface area (Å²) in [5, 5.41) is 1.98. The molecule has 4 rings (SSSR count). The van der Waals surface area contributed by atoms with Crippen LogP contribution in [0.3, 0.4) is 0 Å². The molecule has 0 N–H and O–H groups in total. The number of carbonyl (C=O) groups excluding carboxylic acids is 2. The van der Waals surface area contributed by atoms with Gasteiger partial charge in [0.05, 0.1) is 0 Å². The van der Waals surface area contributed by atoms with E-state index in [-0.39, 0.29) is 11.6 Å². The highest BCUT2D eigenvalue weighted by Crippen LogP contribution is 2.36. The summed E-state index contributed by atoms with van der Waals surface area (Å²) in [6.45, 7) is 0. The first-order valence-corrected chi connectivity index (χ1v) is 6.92. The van der Waals surface area contributed by atoms with Gasteiger partial charge in [0.1, 0.15) is 5.92 Å². The molecule has 0 radical (unpaired) electrons. The van der Waals surface area contributed by atoms with Crippen LogP contribution in [0, 0.1) is 0 Å². The van der Waals surface area contributed by atoms with Gasteiger partial charge in [-0.25, -0.2) is 0 Å². The van der Waals surface area contributed by atoms with Crippen molar-refractivity contribution < 1.29 is 9.59 Å². The number of benzene rings is 3. The van der Waals surface area contributed by atoms with E-state index in [0.717, 1.165) is 16.3 Å². The summed E-state index contributed by atoms with van der Waals surface area (Å²) in [4.78, 5) is 25.3. The maximum absolute atomic E-state index is 12.6. The molecule has 3 aromatic carbocycles. The molecule has 0 aromatic heterocycles. The second kappa shape index (κ2) is 4.38. The van der Waals surface area contributed by atoms with E-state index in [0.29, 0.717) is 11.1 Å². The highest BCUT2D eigenvalue weighted by molar-refractivity contribution is 6.30. The van der Waals surface area contributed by atoms with Gasteiger partial charge in [0, 0.05) is 11.1 Å². The third kappa shape index (κ3) is 1.73. The van der Waals surface area contributed by atoms with Crippen LogP contribution in [0.1, 0.15) is 32.2 Å². The quantitative estimate of drug-likeness (QED) is 0.627. The van der Waals surface area contributed by atoms with Crippen LogP contribution in [0.25, 0.3) is 10.8 Å². The van der Waals surface area contributed by atoms with Crippen LogP contribution in [0.2, 0.25) is 0 Å². The van der Waals surface area contributed by atoms with Gasteiger partial charge in [-0.15, -0.1) is 0 Å². The van der Waals surface area contributed by atoms with Gasteiger partial charge in [-0.2, -0.15) is 0 Å². The Balaban J connectivity index is 1.92. The van der Waals surface area contributed by atoms with Crippen molar-refractivity contribution in [3.63, 3.8) is 0 Å². The van der Waals surface area contributed by atoms with Crippen LogP contribution in [-0.2, 0) is 0 Å². The standard InChI is InChI=1S/C19H12O2/c20-18-15-10-13-8-4-5-9-14(13)11-16(15)19(21)17(18)12-6-2-1-3-7-12/h1-11,17H. The van der Waals surface area contributed by atoms with E-state index >= 15 is 0 Å². The molecule has 2 heteroatoms. The molecule has 0 bridgehead atoms. The average molecular weight is 272 g/mol. The first-order chi connectivity index (χ1) is 10.3. The number of hydrogen-bond donors (Lipinski definition) is 0. The number of Topliss-reactive ketones (excluding diaryl/α,β-unsaturated/α-hetero) is 2. The van der Waals surface area contributed by atoms with Gasteiger partial charge in [-0.05, 0) is 28.5 Å². The molecule has 0 spiro atoms. The molecule has 1 aliphatic rings. The first kappa shape index (κ1) is 12.0. The van der Waals surface area contributed by atoms with E-state index in [2.05, 4.69) is 0 Å². The van der Waals surface area contributed by atoms with Crippen molar-refractivity contribution in [3.05, 3.63) is 83.4 Å². The number of rotatable bonds is 1. The van der Waals surface area contributed by atoms with Gasteiger partial charge in [0.2, 0.25) is 0 Å². The summed E-state index contributed by atoms with van der Waals surface area (Å²) < 4.78 is 0. The minimum absolute atomic E-state index is 0.0908. The second-order valence-corrected chi connectivity index (χ2v) is 5.32. The zero-order chi connectivity index (χ0) is 14.4. The first-order valence-electron chi connectivity index (χ1n) is 6.92. The molecular weight excluding hydrogens is 260 g/mol. The van der Waals surface area contributed by atoms with E-state index < -0.39 is 5.92 Å². The molecular formula is C19H12O2. The fraction of sp³-hybridized carbons (Fsp3) is 0.0526. The van der Waals surface area contributed by atoms with Crippen molar-refractivity contribution in [2.24, 2.45) is 0 Å². The monoisotopic (exact) mass is 272 g/mol. The van der Waals surface area contributed by atoms with Gasteiger partial charge < -0.3 is 0 Å². The summed E-state index contributed by atoms with van der Waals surface area (Å²) in [7, 11) is 0. The molecule has 3 aromatic rings. The topological polar surface area (TPSA) is 34.1 Å². The summed E-state index contributed by atoms with van der Waals surface area (Å²) in [5.41, 5.74) is 1.87. The number of fused-ring (bicyclic) bond motifs is 2. The highest BCUT2D eigenvalue weighted by atomic mass is 16.2. The Kier molecular flexibility index (Phi) is 2.51. The van der Waals surface area contributed by atoms with Crippen LogP contribution in [0.4, 0.5) is 0 Å². The highest BCUT2D eigenvalue weighted by Gasteiger charge is 2.39. The van der Waals surface area contributed by atoms with Gasteiger partial charge in [-0.1, -0.05) is 54.6 Å². The van der Waals surface area contributed by atoms with Crippen molar-refractivity contribution in [1.29, 1.82) is 0 Å². The Morgan fingerprint density at radius 1 is 0.619 bits per heavy atom. The van der Waals surface area contributed by atoms with Crippen molar-refractivity contribution in [3.8, 4) is 0 Å². The Morgan fingerprint density at radius 3 is 1.62 bits per heavy atom. The normalized spacial score (nSPS) is 14.7. The number of hydrogen-bond acceptors (Lipinski definition) is 2. The molecule has 0 saturated carbocycles. The fourth-order valence-corrected chi connectivity index (χ4v) is 3.03. The summed E-state index contributed by atoms with van der Waals surface area (Å²) >= 11 is 0. The smallest absolute Gasteiger partial charge is 0.178 e. The van der Waals surface area contributed by atoms with Crippen LogP contribution >= 0.6 is 0 Å². The van der Waals surface area contributed by atoms with Crippen LogP contribution < -0.4 is 0 Å². The lowest BCUT2D eigenvalue weighted by molar-refractivity contribution is 0.0890. The van der Waals surface area contributed by atoms with E-state index in [1.807, 2.05) is 66.7 Å². The maximum atomic E-state index is 12.6. The lowest BCUT2D eigenvalue weighted by Gasteiger charge is -2.06. The van der Waals surface area contributed by atoms with E-state index in [4.69, 9.17) is 0 Å². The largest absolute Gasteiger partial charge is 0.293 e. The van der Waals surface area contributed by atoms with Gasteiger partial charge in [0.15, 0.2) is 11.6 Å². The Morgan fingerprint density at radius 2 is 1.10 bits per heavy atom. The number of carbonyl (C=O) groups is 2. The summed E-state index contributed by atoms with van der Waals surface area (Å²) in [5.74, 6) is -0.864. The predicted molar refractivity (Wildman–Crippen MR) is 81.8 cm³/mol. The molecule has 0 aliphatic heterocycles. The number of ketones is 2. The maximum Gasteiger partial charge on any atom is 0.178 e. The second-order valence-electron chi connectivity index (χ2n) is 5.32. The summed E-state index contributed by atoms with van der Waals surface area (Å²) in [6, 6.07) is 20.8. The van der Waals surface area contributed by atoms with Crippen molar-refractivity contribution >= 4 is 22.3 Å². The molecule has 0 fully saturated rings. The summed E-state index contributed by atoms with van der Waals surface area (Å²) in [6.07, 6.45) is 0. The molecule has 0 unspecified atom stereocenters. The molecule has 0 saturated heterocycles. The third-order valence-electron chi connectivity index (χ3n) is 4.07. The lowest BCUT2D eigenvalue weighted by Crippen LogP contribution is -2.12. The molecule has 0 amide bonds. The van der Waals surface area contributed by atoms with Gasteiger partial charge >= 0.3 is 0 Å². The lowest BCUT2D eigenvalue weighted by atomic mass is 9.94. The Hall–Kier alpha value is -2.74. The fourth-order valence-electron chi connectivity index (χ4n) is 3.03. The SMILES string of the molecule is O=C1c2cc3ccccc3cc2C(=O)C1c1ccccc1. The van der Waals surface area contributed by atoms with Crippen molar-refractivity contribution in [2.75, 3.05) is 0 Å². The van der Waals surface area contributed by atoms with Crippen LogP contribution in [0.15, 0.2) is 66.7 Å². The zero-order valence-electron chi connectivity index (χ0n) is 11.2. The Bertz CT molecular complexity index is 824. The van der Waals surface area contributed by atoms with E-state index in [1.54, 1.807) is 0 Å². The van der Waals surface area contributed by atoms with Crippen LogP contribution in [-0.4, -0.2) is 11.6 Å². The zero-order valence-corrected chi connectivity index (χ0v) is 11.2. The minimum Gasteiger partial charge on any atom is -0.293 e.